The summed E-state index contributed by atoms with van der Waals surface area (Å²) < 4.78 is 10.7. The molecule has 1 unspecified atom stereocenters. The van der Waals surface area contributed by atoms with Crippen LogP contribution in [0.15, 0.2) is 4.99 Å². The van der Waals surface area contributed by atoms with Crippen LogP contribution in [-0.4, -0.2) is 54.4 Å². The molecule has 1 aromatic heterocycles. The van der Waals surface area contributed by atoms with Crippen LogP contribution in [0.3, 0.4) is 0 Å². The average Bonchev–Trinajstić information content (AvgIpc) is 2.88. The van der Waals surface area contributed by atoms with E-state index in [-0.39, 0.29) is 6.23 Å². The maximum atomic E-state index is 5.35. The van der Waals surface area contributed by atoms with Crippen LogP contribution >= 0.6 is 0 Å². The number of hydrogen-bond acceptors (Lipinski definition) is 7. The smallest absolute Gasteiger partial charge is 0.241 e. The average molecular weight is 279 g/mol. The van der Waals surface area contributed by atoms with Crippen LogP contribution in [0.25, 0.3) is 0 Å². The normalized spacial score (nSPS) is 16.1. The minimum Gasteiger partial charge on any atom is -0.479 e. The highest BCUT2D eigenvalue weighted by Crippen LogP contribution is 2.25. The van der Waals surface area contributed by atoms with E-state index in [9.17, 15) is 0 Å². The highest BCUT2D eigenvalue weighted by atomic mass is 16.5. The van der Waals surface area contributed by atoms with Crippen molar-refractivity contribution in [1.82, 2.24) is 14.9 Å². The minimum absolute atomic E-state index is 0.0404. The molecule has 1 aliphatic rings. The number of hydrogen-bond donors (Lipinski definition) is 1. The Bertz CT molecular complexity index is 518. The molecule has 0 saturated heterocycles. The van der Waals surface area contributed by atoms with Gasteiger partial charge in [0, 0.05) is 13.7 Å². The van der Waals surface area contributed by atoms with E-state index in [1.165, 1.54) is 0 Å². The van der Waals surface area contributed by atoms with Crippen molar-refractivity contribution in [3.05, 3.63) is 11.5 Å². The number of anilines is 1. The molecular weight excluding hydrogens is 258 g/mol. The second-order valence-electron chi connectivity index (χ2n) is 4.60. The number of nitrogens with one attached hydrogen (secondary N) is 1. The number of ether oxygens (including phenoxy) is 2. The monoisotopic (exact) mass is 279 g/mol. The van der Waals surface area contributed by atoms with Gasteiger partial charge in [0.25, 0.3) is 0 Å². The molecule has 0 bridgehead atoms. The molecule has 1 aromatic rings. The molecule has 7 heteroatoms. The fourth-order valence-electron chi connectivity index (χ4n) is 2.14. The van der Waals surface area contributed by atoms with Crippen molar-refractivity contribution in [2.24, 2.45) is 4.99 Å². The van der Waals surface area contributed by atoms with E-state index in [0.29, 0.717) is 11.7 Å². The zero-order valence-corrected chi connectivity index (χ0v) is 12.6. The van der Waals surface area contributed by atoms with E-state index < -0.39 is 0 Å². The maximum Gasteiger partial charge on any atom is 0.241 e. The molecule has 1 atom stereocenters. The largest absolute Gasteiger partial charge is 0.479 e. The van der Waals surface area contributed by atoms with Gasteiger partial charge in [-0.15, -0.1) is 0 Å². The number of nitrogens with zero attached hydrogens (tertiary/aromatic N) is 4. The van der Waals surface area contributed by atoms with E-state index >= 15 is 0 Å². The van der Waals surface area contributed by atoms with E-state index in [0.717, 1.165) is 30.4 Å². The molecule has 110 valence electrons. The van der Waals surface area contributed by atoms with Crippen molar-refractivity contribution >= 4 is 11.6 Å². The lowest BCUT2D eigenvalue weighted by Crippen LogP contribution is -2.41. The zero-order chi connectivity index (χ0) is 14.7. The first kappa shape index (κ1) is 14.5. The lowest BCUT2D eigenvalue weighted by molar-refractivity contribution is 0.0278. The van der Waals surface area contributed by atoms with Gasteiger partial charge in [-0.25, -0.2) is 4.98 Å². The fraction of sp³-hybridized carbons (Fsp3) is 0.615. The Balaban J connectivity index is 2.26. The summed E-state index contributed by atoms with van der Waals surface area (Å²) in [5.74, 6) is 1.96. The van der Waals surface area contributed by atoms with Crippen molar-refractivity contribution in [2.45, 2.75) is 27.0 Å². The van der Waals surface area contributed by atoms with E-state index in [4.69, 9.17) is 9.47 Å². The van der Waals surface area contributed by atoms with Crippen LogP contribution in [0.5, 0.6) is 5.88 Å². The second kappa shape index (κ2) is 6.04. The van der Waals surface area contributed by atoms with Crippen LogP contribution in [-0.2, 0) is 4.74 Å². The fourth-order valence-corrected chi connectivity index (χ4v) is 2.14. The molecule has 0 aromatic carbocycles. The van der Waals surface area contributed by atoms with Gasteiger partial charge in [0.05, 0.1) is 19.3 Å². The standard InChI is InChI=1S/C13H21N5O2/c1-8-11(12(20-5)16-9(2)15-8)17-13-14-6-7-18(13)10(3)19-4/h10H,6-7H2,1-5H3,(H,14,17). The predicted molar refractivity (Wildman–Crippen MR) is 77.2 cm³/mol. The number of aryl methyl sites for hydroxylation is 2. The van der Waals surface area contributed by atoms with Crippen molar-refractivity contribution in [3.8, 4) is 5.88 Å². The van der Waals surface area contributed by atoms with Crippen molar-refractivity contribution in [3.63, 3.8) is 0 Å². The highest BCUT2D eigenvalue weighted by Gasteiger charge is 2.24. The van der Waals surface area contributed by atoms with Crippen molar-refractivity contribution in [2.75, 3.05) is 32.6 Å². The van der Waals surface area contributed by atoms with Crippen molar-refractivity contribution in [1.29, 1.82) is 0 Å². The molecule has 1 N–H and O–H groups in total. The Hall–Kier alpha value is -1.89. The number of methoxy groups -OCH3 is 2. The predicted octanol–water partition coefficient (Wildman–Crippen LogP) is 1.18. The number of rotatable bonds is 4. The van der Waals surface area contributed by atoms with E-state index in [1.807, 2.05) is 20.8 Å². The Kier molecular flexibility index (Phi) is 4.39. The van der Waals surface area contributed by atoms with Gasteiger partial charge < -0.3 is 19.7 Å². The quantitative estimate of drug-likeness (QED) is 0.892. The minimum atomic E-state index is -0.0404. The molecule has 2 rings (SSSR count). The number of guanidine groups is 1. The SMILES string of the molecule is COc1nc(C)nc(C)c1NC1=NCCN1C(C)OC. The Labute approximate surface area is 119 Å². The molecular formula is C13H21N5O2. The highest BCUT2D eigenvalue weighted by molar-refractivity contribution is 5.96. The summed E-state index contributed by atoms with van der Waals surface area (Å²) >= 11 is 0. The first-order valence-electron chi connectivity index (χ1n) is 6.57. The molecule has 7 nitrogen and oxygen atoms in total. The van der Waals surface area contributed by atoms with Gasteiger partial charge in [-0.2, -0.15) is 4.98 Å². The summed E-state index contributed by atoms with van der Waals surface area (Å²) in [7, 11) is 3.28. The zero-order valence-electron chi connectivity index (χ0n) is 12.6. The van der Waals surface area contributed by atoms with Gasteiger partial charge in [-0.3, -0.25) is 4.99 Å². The van der Waals surface area contributed by atoms with Gasteiger partial charge in [-0.05, 0) is 20.8 Å². The second-order valence-corrected chi connectivity index (χ2v) is 4.60. The third-order valence-electron chi connectivity index (χ3n) is 3.25. The lowest BCUT2D eigenvalue weighted by atomic mass is 10.3. The lowest BCUT2D eigenvalue weighted by Gasteiger charge is -2.27. The molecule has 0 amide bonds. The topological polar surface area (TPSA) is 71.9 Å². The summed E-state index contributed by atoms with van der Waals surface area (Å²) in [6.45, 7) is 7.30. The van der Waals surface area contributed by atoms with Crippen LogP contribution in [0.2, 0.25) is 0 Å². The third-order valence-corrected chi connectivity index (χ3v) is 3.25. The van der Waals surface area contributed by atoms with Crippen LogP contribution in [0.1, 0.15) is 18.4 Å². The maximum absolute atomic E-state index is 5.35. The van der Waals surface area contributed by atoms with Crippen LogP contribution in [0.4, 0.5) is 5.69 Å². The van der Waals surface area contributed by atoms with E-state index in [1.54, 1.807) is 14.2 Å². The summed E-state index contributed by atoms with van der Waals surface area (Å²) in [5.41, 5.74) is 1.57. The Morgan fingerprint density at radius 3 is 2.65 bits per heavy atom. The molecule has 0 radical (unpaired) electrons. The third kappa shape index (κ3) is 2.82. The number of aliphatic imine (C=N–C) groups is 1. The molecule has 0 fully saturated rings. The summed E-state index contributed by atoms with van der Waals surface area (Å²) in [5, 5.41) is 3.27. The van der Waals surface area contributed by atoms with Gasteiger partial charge in [0.15, 0.2) is 0 Å². The first-order chi connectivity index (χ1) is 9.56. The Morgan fingerprint density at radius 1 is 1.25 bits per heavy atom. The molecule has 1 aliphatic heterocycles. The van der Waals surface area contributed by atoms with Gasteiger partial charge in [0.2, 0.25) is 11.8 Å². The van der Waals surface area contributed by atoms with Crippen molar-refractivity contribution < 1.29 is 9.47 Å². The molecule has 20 heavy (non-hydrogen) atoms. The van der Waals surface area contributed by atoms with Crippen LogP contribution in [0, 0.1) is 13.8 Å². The van der Waals surface area contributed by atoms with Gasteiger partial charge >= 0.3 is 0 Å². The summed E-state index contributed by atoms with van der Waals surface area (Å²) in [6.07, 6.45) is -0.0404. The van der Waals surface area contributed by atoms with Gasteiger partial charge in [0.1, 0.15) is 17.7 Å². The Morgan fingerprint density at radius 2 is 2.00 bits per heavy atom. The molecule has 0 saturated carbocycles. The molecule has 0 spiro atoms. The summed E-state index contributed by atoms with van der Waals surface area (Å²) in [4.78, 5) is 15.2. The van der Waals surface area contributed by atoms with Gasteiger partial charge in [-0.1, -0.05) is 0 Å². The first-order valence-corrected chi connectivity index (χ1v) is 6.57. The molecule has 2 heterocycles. The summed E-state index contributed by atoms with van der Waals surface area (Å²) in [6, 6.07) is 0. The van der Waals surface area contributed by atoms with Crippen LogP contribution < -0.4 is 10.1 Å². The van der Waals surface area contributed by atoms with E-state index in [2.05, 4.69) is 25.2 Å². The number of aromatic nitrogens is 2. The molecule has 0 aliphatic carbocycles.